The Kier molecular flexibility index (Phi) is 4.24. The summed E-state index contributed by atoms with van der Waals surface area (Å²) in [6, 6.07) is 14.8. The smallest absolute Gasteiger partial charge is 0.340 e. The summed E-state index contributed by atoms with van der Waals surface area (Å²) in [5.41, 5.74) is 4.51. The second-order valence-electron chi connectivity index (χ2n) is 6.39. The zero-order valence-corrected chi connectivity index (χ0v) is 15.6. The summed E-state index contributed by atoms with van der Waals surface area (Å²) in [5, 5.41) is 3.43. The molecule has 0 saturated heterocycles. The summed E-state index contributed by atoms with van der Waals surface area (Å²) in [4.78, 5) is 28.7. The van der Waals surface area contributed by atoms with Gasteiger partial charge in [0, 0.05) is 27.5 Å². The molecule has 6 heteroatoms. The zero-order chi connectivity index (χ0) is 19.1. The second kappa shape index (κ2) is 6.59. The highest BCUT2D eigenvalue weighted by Gasteiger charge is 2.38. The summed E-state index contributed by atoms with van der Waals surface area (Å²) in [6.45, 7) is 1.79. The van der Waals surface area contributed by atoms with E-state index in [0.29, 0.717) is 27.5 Å². The van der Waals surface area contributed by atoms with Crippen molar-refractivity contribution in [1.82, 2.24) is 4.98 Å². The van der Waals surface area contributed by atoms with Crippen molar-refractivity contribution in [3.8, 4) is 11.3 Å². The molecule has 1 atom stereocenters. The number of hydrogen-bond acceptors (Lipinski definition) is 3. The molecule has 0 bridgehead atoms. The van der Waals surface area contributed by atoms with Gasteiger partial charge in [0.15, 0.2) is 0 Å². The average Bonchev–Trinajstić information content (AvgIpc) is 3.17. The van der Waals surface area contributed by atoms with Crippen LogP contribution in [0.5, 0.6) is 0 Å². The van der Waals surface area contributed by atoms with Crippen LogP contribution in [0.4, 0.5) is 5.69 Å². The SMILES string of the molecule is COC(=O)c1c(C)[nH]c(-c2ccccc2Cl)c1[C@H]1C(=O)Nc2ccccc21. The number of anilines is 1. The Hall–Kier alpha value is -3.05. The van der Waals surface area contributed by atoms with Gasteiger partial charge in [0.2, 0.25) is 5.91 Å². The molecule has 0 unspecified atom stereocenters. The first kappa shape index (κ1) is 17.4. The number of halogens is 1. The average molecular weight is 381 g/mol. The third-order valence-electron chi connectivity index (χ3n) is 4.84. The number of para-hydroxylation sites is 1. The molecule has 136 valence electrons. The quantitative estimate of drug-likeness (QED) is 0.656. The number of aromatic nitrogens is 1. The van der Waals surface area contributed by atoms with E-state index in [1.54, 1.807) is 13.0 Å². The van der Waals surface area contributed by atoms with Crippen LogP contribution in [-0.4, -0.2) is 24.0 Å². The number of rotatable bonds is 3. The van der Waals surface area contributed by atoms with Gasteiger partial charge in [0.25, 0.3) is 0 Å². The highest BCUT2D eigenvalue weighted by Crippen LogP contribution is 2.44. The Bertz CT molecular complexity index is 1070. The fraction of sp³-hybridized carbons (Fsp3) is 0.143. The monoisotopic (exact) mass is 380 g/mol. The third-order valence-corrected chi connectivity index (χ3v) is 5.17. The molecule has 2 heterocycles. The van der Waals surface area contributed by atoms with Gasteiger partial charge in [-0.05, 0) is 24.6 Å². The van der Waals surface area contributed by atoms with Crippen molar-refractivity contribution in [3.63, 3.8) is 0 Å². The number of benzene rings is 2. The summed E-state index contributed by atoms with van der Waals surface area (Å²) >= 11 is 6.41. The van der Waals surface area contributed by atoms with Crippen molar-refractivity contribution in [1.29, 1.82) is 0 Å². The molecule has 2 N–H and O–H groups in total. The first-order valence-electron chi connectivity index (χ1n) is 8.48. The fourth-order valence-corrected chi connectivity index (χ4v) is 3.90. The van der Waals surface area contributed by atoms with Crippen LogP contribution in [0.25, 0.3) is 11.3 Å². The lowest BCUT2D eigenvalue weighted by molar-refractivity contribution is -0.116. The fourth-order valence-electron chi connectivity index (χ4n) is 3.67. The number of hydrogen-bond donors (Lipinski definition) is 2. The summed E-state index contributed by atoms with van der Waals surface area (Å²) < 4.78 is 5.00. The normalized spacial score (nSPS) is 15.4. The van der Waals surface area contributed by atoms with Gasteiger partial charge in [-0.2, -0.15) is 0 Å². The van der Waals surface area contributed by atoms with Crippen molar-refractivity contribution in [3.05, 3.63) is 75.9 Å². The molecule has 2 aromatic carbocycles. The minimum Gasteiger partial charge on any atom is -0.465 e. The predicted octanol–water partition coefficient (Wildman–Crippen LogP) is 4.51. The van der Waals surface area contributed by atoms with Crippen LogP contribution in [0.3, 0.4) is 0 Å². The maximum atomic E-state index is 12.9. The molecular formula is C21H17ClN2O3. The van der Waals surface area contributed by atoms with E-state index in [2.05, 4.69) is 10.3 Å². The van der Waals surface area contributed by atoms with Crippen molar-refractivity contribution in [2.45, 2.75) is 12.8 Å². The highest BCUT2D eigenvalue weighted by atomic mass is 35.5. The van der Waals surface area contributed by atoms with Gasteiger partial charge in [-0.15, -0.1) is 0 Å². The Morgan fingerprint density at radius 1 is 1.11 bits per heavy atom. The second-order valence-corrected chi connectivity index (χ2v) is 6.80. The number of H-pyrrole nitrogens is 1. The number of methoxy groups -OCH3 is 1. The molecule has 27 heavy (non-hydrogen) atoms. The van der Waals surface area contributed by atoms with Crippen molar-refractivity contribution in [2.75, 3.05) is 12.4 Å². The van der Waals surface area contributed by atoms with Crippen molar-refractivity contribution in [2.24, 2.45) is 0 Å². The number of amides is 1. The summed E-state index contributed by atoms with van der Waals surface area (Å²) in [6.07, 6.45) is 0. The molecule has 0 saturated carbocycles. The number of ether oxygens (including phenoxy) is 1. The van der Waals surface area contributed by atoms with Crippen LogP contribution >= 0.6 is 11.6 Å². The number of nitrogens with one attached hydrogen (secondary N) is 2. The Morgan fingerprint density at radius 3 is 2.56 bits per heavy atom. The molecule has 3 aromatic rings. The van der Waals surface area contributed by atoms with Crippen LogP contribution in [0, 0.1) is 6.92 Å². The van der Waals surface area contributed by atoms with Gasteiger partial charge in [0.1, 0.15) is 0 Å². The van der Waals surface area contributed by atoms with Crippen molar-refractivity contribution >= 4 is 29.2 Å². The van der Waals surface area contributed by atoms with Gasteiger partial charge < -0.3 is 15.0 Å². The maximum Gasteiger partial charge on any atom is 0.340 e. The molecule has 5 nitrogen and oxygen atoms in total. The maximum absolute atomic E-state index is 12.9. The number of esters is 1. The minimum atomic E-state index is -0.633. The van der Waals surface area contributed by atoms with E-state index < -0.39 is 11.9 Å². The molecule has 0 aliphatic carbocycles. The summed E-state index contributed by atoms with van der Waals surface area (Å²) in [7, 11) is 1.33. The lowest BCUT2D eigenvalue weighted by atomic mass is 9.87. The molecule has 4 rings (SSSR count). The molecular weight excluding hydrogens is 364 g/mol. The molecule has 0 spiro atoms. The third kappa shape index (κ3) is 2.71. The molecule has 1 amide bonds. The molecule has 0 radical (unpaired) electrons. The first-order valence-corrected chi connectivity index (χ1v) is 8.86. The standard InChI is InChI=1S/C21H17ClN2O3/c1-11-16(21(26)27-2)18(19(23-11)12-7-3-5-9-14(12)22)17-13-8-4-6-10-15(13)24-20(17)25/h3-10,17,23H,1-2H3,(H,24,25)/t17-/m0/s1. The van der Waals surface area contributed by atoms with E-state index in [1.165, 1.54) is 7.11 Å². The number of aromatic amines is 1. The number of carbonyl (C=O) groups is 2. The summed E-state index contributed by atoms with van der Waals surface area (Å²) in [5.74, 6) is -1.31. The van der Waals surface area contributed by atoms with E-state index in [-0.39, 0.29) is 5.91 Å². The van der Waals surface area contributed by atoms with E-state index in [9.17, 15) is 9.59 Å². The topological polar surface area (TPSA) is 71.2 Å². The molecule has 0 fully saturated rings. The van der Waals surface area contributed by atoms with Gasteiger partial charge in [-0.3, -0.25) is 4.79 Å². The van der Waals surface area contributed by atoms with Crippen LogP contribution in [0.1, 0.15) is 33.1 Å². The molecule has 1 aromatic heterocycles. The van der Waals surface area contributed by atoms with Gasteiger partial charge in [-0.25, -0.2) is 4.79 Å². The van der Waals surface area contributed by atoms with E-state index in [1.807, 2.05) is 42.5 Å². The van der Waals surface area contributed by atoms with Crippen LogP contribution in [0.2, 0.25) is 5.02 Å². The minimum absolute atomic E-state index is 0.186. The molecule has 1 aliphatic heterocycles. The Labute approximate surface area is 161 Å². The van der Waals surface area contributed by atoms with Gasteiger partial charge in [0.05, 0.1) is 24.3 Å². The highest BCUT2D eigenvalue weighted by molar-refractivity contribution is 6.33. The lowest BCUT2D eigenvalue weighted by Crippen LogP contribution is -2.17. The predicted molar refractivity (Wildman–Crippen MR) is 104 cm³/mol. The van der Waals surface area contributed by atoms with E-state index in [4.69, 9.17) is 16.3 Å². The molecule has 1 aliphatic rings. The number of carbonyl (C=O) groups excluding carboxylic acids is 2. The first-order chi connectivity index (χ1) is 13.0. The van der Waals surface area contributed by atoms with E-state index in [0.717, 1.165) is 16.8 Å². The largest absolute Gasteiger partial charge is 0.465 e. The van der Waals surface area contributed by atoms with Gasteiger partial charge in [-0.1, -0.05) is 48.0 Å². The van der Waals surface area contributed by atoms with Crippen molar-refractivity contribution < 1.29 is 14.3 Å². The van der Waals surface area contributed by atoms with Crippen LogP contribution < -0.4 is 5.32 Å². The number of aryl methyl sites for hydroxylation is 1. The lowest BCUT2D eigenvalue weighted by Gasteiger charge is -2.14. The van der Waals surface area contributed by atoms with Crippen LogP contribution in [-0.2, 0) is 9.53 Å². The van der Waals surface area contributed by atoms with E-state index >= 15 is 0 Å². The van der Waals surface area contributed by atoms with Crippen LogP contribution in [0.15, 0.2) is 48.5 Å². The Balaban J connectivity index is 2.03. The Morgan fingerprint density at radius 2 is 1.81 bits per heavy atom. The number of fused-ring (bicyclic) bond motifs is 1. The van der Waals surface area contributed by atoms with Gasteiger partial charge >= 0.3 is 5.97 Å². The zero-order valence-electron chi connectivity index (χ0n) is 14.8.